The summed E-state index contributed by atoms with van der Waals surface area (Å²) in [6.45, 7) is 2.03. The van der Waals surface area contributed by atoms with Gasteiger partial charge in [0, 0.05) is 24.2 Å². The molecule has 1 unspecified atom stereocenters. The minimum Gasteiger partial charge on any atom is -0.377 e. The van der Waals surface area contributed by atoms with Gasteiger partial charge in [0.1, 0.15) is 0 Å². The molecule has 4 rings (SSSR count). The highest BCUT2D eigenvalue weighted by Gasteiger charge is 2.23. The van der Waals surface area contributed by atoms with Crippen molar-refractivity contribution in [3.63, 3.8) is 0 Å². The first-order valence-electron chi connectivity index (χ1n) is 9.83. The molecule has 0 aliphatic heterocycles. The van der Waals surface area contributed by atoms with Crippen LogP contribution in [0.15, 0.2) is 78.1 Å². The van der Waals surface area contributed by atoms with E-state index in [9.17, 15) is 13.2 Å². The SMILES string of the molecule is CC(Nc1ccc(NC(=O)c2nc(S(C)(=O)=O)n3ccccc23)cc1Cl)c1ccccc1. The number of carbonyl (C=O) groups is 1. The summed E-state index contributed by atoms with van der Waals surface area (Å²) in [4.78, 5) is 17.0. The Labute approximate surface area is 191 Å². The number of amides is 1. The smallest absolute Gasteiger partial charge is 0.276 e. The monoisotopic (exact) mass is 468 g/mol. The van der Waals surface area contributed by atoms with Crippen molar-refractivity contribution in [1.82, 2.24) is 9.38 Å². The molecule has 0 bridgehead atoms. The molecule has 0 spiro atoms. The van der Waals surface area contributed by atoms with E-state index in [-0.39, 0.29) is 16.9 Å². The van der Waals surface area contributed by atoms with Gasteiger partial charge < -0.3 is 10.6 Å². The number of fused-ring (bicyclic) bond motifs is 1. The number of halogens is 1. The molecule has 32 heavy (non-hydrogen) atoms. The summed E-state index contributed by atoms with van der Waals surface area (Å²) in [5.74, 6) is -0.530. The Morgan fingerprint density at radius 1 is 1.06 bits per heavy atom. The third-order valence-corrected chi connectivity index (χ3v) is 6.23. The number of hydrogen-bond acceptors (Lipinski definition) is 5. The number of carbonyl (C=O) groups excluding carboxylic acids is 1. The topological polar surface area (TPSA) is 92.6 Å². The van der Waals surface area contributed by atoms with E-state index >= 15 is 0 Å². The van der Waals surface area contributed by atoms with Crippen LogP contribution in [0.5, 0.6) is 0 Å². The van der Waals surface area contributed by atoms with Crippen LogP contribution in [0.25, 0.3) is 5.52 Å². The molecular weight excluding hydrogens is 448 g/mol. The lowest BCUT2D eigenvalue weighted by Crippen LogP contribution is -2.13. The summed E-state index contributed by atoms with van der Waals surface area (Å²) in [5, 5.41) is 6.35. The average Bonchev–Trinajstić information content (AvgIpc) is 3.17. The second kappa shape index (κ2) is 8.64. The van der Waals surface area contributed by atoms with Gasteiger partial charge in [0.25, 0.3) is 5.91 Å². The molecule has 7 nitrogen and oxygen atoms in total. The Morgan fingerprint density at radius 3 is 2.47 bits per heavy atom. The van der Waals surface area contributed by atoms with E-state index in [1.165, 1.54) is 4.40 Å². The van der Waals surface area contributed by atoms with Crippen molar-refractivity contribution in [2.75, 3.05) is 16.9 Å². The number of benzene rings is 2. The van der Waals surface area contributed by atoms with Crippen molar-refractivity contribution in [2.24, 2.45) is 0 Å². The summed E-state index contributed by atoms with van der Waals surface area (Å²) in [5.41, 5.74) is 2.73. The van der Waals surface area contributed by atoms with Crippen molar-refractivity contribution in [3.8, 4) is 0 Å². The number of pyridine rings is 1. The van der Waals surface area contributed by atoms with E-state index in [0.717, 1.165) is 17.5 Å². The van der Waals surface area contributed by atoms with Crippen LogP contribution in [0.1, 0.15) is 29.0 Å². The first-order valence-corrected chi connectivity index (χ1v) is 12.1. The Hall–Kier alpha value is -3.36. The zero-order valence-electron chi connectivity index (χ0n) is 17.4. The number of anilines is 2. The van der Waals surface area contributed by atoms with Gasteiger partial charge in [-0.3, -0.25) is 9.20 Å². The minimum atomic E-state index is -3.62. The molecule has 0 aliphatic carbocycles. The Balaban J connectivity index is 1.56. The maximum absolute atomic E-state index is 12.9. The van der Waals surface area contributed by atoms with E-state index in [4.69, 9.17) is 11.6 Å². The normalized spacial score (nSPS) is 12.5. The minimum absolute atomic E-state index is 0.0158. The standard InChI is InChI=1S/C23H21ClN4O3S/c1-15(16-8-4-3-5-9-16)25-19-12-11-17(14-18(19)24)26-22(29)21-20-10-6-7-13-28(20)23(27-21)32(2,30)31/h3-15,25H,1-2H3,(H,26,29). The molecule has 2 aromatic carbocycles. The number of aromatic nitrogens is 2. The molecule has 4 aromatic rings. The summed E-state index contributed by atoms with van der Waals surface area (Å²) in [6.07, 6.45) is 2.61. The van der Waals surface area contributed by atoms with Crippen molar-refractivity contribution in [3.05, 3.63) is 89.2 Å². The summed E-state index contributed by atoms with van der Waals surface area (Å²) in [6, 6.07) is 20.2. The second-order valence-electron chi connectivity index (χ2n) is 7.40. The van der Waals surface area contributed by atoms with E-state index in [1.54, 1.807) is 42.6 Å². The molecule has 1 amide bonds. The van der Waals surface area contributed by atoms with Crippen LogP contribution < -0.4 is 10.6 Å². The third-order valence-electron chi connectivity index (χ3n) is 4.96. The molecule has 0 saturated heterocycles. The van der Waals surface area contributed by atoms with Gasteiger partial charge in [0.15, 0.2) is 5.69 Å². The van der Waals surface area contributed by atoms with Crippen LogP contribution in [0.3, 0.4) is 0 Å². The Kier molecular flexibility index (Phi) is 5.90. The van der Waals surface area contributed by atoms with Gasteiger partial charge >= 0.3 is 0 Å². The first kappa shape index (κ1) is 21.9. The summed E-state index contributed by atoms with van der Waals surface area (Å²) < 4.78 is 25.5. The number of nitrogens with one attached hydrogen (secondary N) is 2. The van der Waals surface area contributed by atoms with Gasteiger partial charge in [0.2, 0.25) is 15.0 Å². The molecule has 164 valence electrons. The lowest BCUT2D eigenvalue weighted by Gasteiger charge is -2.17. The van der Waals surface area contributed by atoms with Crippen LogP contribution >= 0.6 is 11.6 Å². The molecule has 2 heterocycles. The van der Waals surface area contributed by atoms with Crippen molar-refractivity contribution in [2.45, 2.75) is 18.1 Å². The number of nitrogens with zero attached hydrogens (tertiary/aromatic N) is 2. The van der Waals surface area contributed by atoms with Crippen molar-refractivity contribution < 1.29 is 13.2 Å². The van der Waals surface area contributed by atoms with Crippen LogP contribution in [-0.4, -0.2) is 30.0 Å². The average molecular weight is 469 g/mol. The van der Waals surface area contributed by atoms with E-state index < -0.39 is 15.7 Å². The third kappa shape index (κ3) is 4.46. The molecule has 0 saturated carbocycles. The van der Waals surface area contributed by atoms with Gasteiger partial charge in [-0.25, -0.2) is 13.4 Å². The number of hydrogen-bond donors (Lipinski definition) is 2. The molecule has 2 aromatic heterocycles. The maximum Gasteiger partial charge on any atom is 0.276 e. The van der Waals surface area contributed by atoms with E-state index in [0.29, 0.717) is 16.2 Å². The fourth-order valence-corrected chi connectivity index (χ4v) is 4.41. The molecule has 9 heteroatoms. The largest absolute Gasteiger partial charge is 0.377 e. The number of sulfone groups is 1. The Morgan fingerprint density at radius 2 is 1.78 bits per heavy atom. The van der Waals surface area contributed by atoms with Gasteiger partial charge in [0.05, 0.1) is 16.2 Å². The van der Waals surface area contributed by atoms with Crippen LogP contribution in [-0.2, 0) is 9.84 Å². The zero-order valence-corrected chi connectivity index (χ0v) is 19.0. The van der Waals surface area contributed by atoms with Crippen LogP contribution in [0.4, 0.5) is 11.4 Å². The zero-order chi connectivity index (χ0) is 22.9. The number of rotatable bonds is 6. The van der Waals surface area contributed by atoms with Crippen LogP contribution in [0.2, 0.25) is 5.02 Å². The molecule has 1 atom stereocenters. The fourth-order valence-electron chi connectivity index (χ4n) is 3.40. The van der Waals surface area contributed by atoms with Gasteiger partial charge in [-0.2, -0.15) is 0 Å². The highest BCUT2D eigenvalue weighted by Crippen LogP contribution is 2.29. The Bertz CT molecular complexity index is 1400. The highest BCUT2D eigenvalue weighted by molar-refractivity contribution is 7.90. The van der Waals surface area contributed by atoms with Gasteiger partial charge in [-0.1, -0.05) is 48.0 Å². The predicted octanol–water partition coefficient (Wildman–Crippen LogP) is 4.82. The quantitative estimate of drug-likeness (QED) is 0.423. The van der Waals surface area contributed by atoms with Crippen molar-refractivity contribution in [1.29, 1.82) is 0 Å². The first-order chi connectivity index (χ1) is 15.2. The predicted molar refractivity (Wildman–Crippen MR) is 126 cm³/mol. The molecule has 2 N–H and O–H groups in total. The fraction of sp³-hybridized carbons (Fsp3) is 0.130. The molecular formula is C23H21ClN4O3S. The second-order valence-corrected chi connectivity index (χ2v) is 9.71. The van der Waals surface area contributed by atoms with Gasteiger partial charge in [-0.05, 0) is 42.8 Å². The van der Waals surface area contributed by atoms with Gasteiger partial charge in [-0.15, -0.1) is 0 Å². The lowest BCUT2D eigenvalue weighted by molar-refractivity contribution is 0.102. The molecule has 0 radical (unpaired) electrons. The molecule has 0 aliphatic rings. The lowest BCUT2D eigenvalue weighted by atomic mass is 10.1. The highest BCUT2D eigenvalue weighted by atomic mass is 35.5. The van der Waals surface area contributed by atoms with E-state index in [1.807, 2.05) is 37.3 Å². The summed E-state index contributed by atoms with van der Waals surface area (Å²) in [7, 11) is -3.62. The molecule has 0 fully saturated rings. The summed E-state index contributed by atoms with van der Waals surface area (Å²) >= 11 is 6.44. The van der Waals surface area contributed by atoms with Crippen LogP contribution in [0, 0.1) is 0 Å². The number of imidazole rings is 1. The van der Waals surface area contributed by atoms with Crippen molar-refractivity contribution >= 4 is 44.2 Å². The maximum atomic E-state index is 12.9. The van der Waals surface area contributed by atoms with E-state index in [2.05, 4.69) is 15.6 Å².